The quantitative estimate of drug-likeness (QED) is 0.132. The lowest BCUT2D eigenvalue weighted by molar-refractivity contribution is -0.115. The molecule has 0 saturated heterocycles. The molecule has 0 fully saturated rings. The fourth-order valence-electron chi connectivity index (χ4n) is 3.50. The van der Waals surface area contributed by atoms with Crippen LogP contribution < -0.4 is 16.0 Å². The molecule has 4 aromatic carbocycles. The third-order valence-electron chi connectivity index (χ3n) is 5.28. The Kier molecular flexibility index (Phi) is 8.49. The van der Waals surface area contributed by atoms with Gasteiger partial charge in [0.15, 0.2) is 10.9 Å². The number of para-hydroxylation sites is 1. The van der Waals surface area contributed by atoms with Gasteiger partial charge in [-0.3, -0.25) is 9.59 Å². The number of Topliss-reactive ketones (excluding diaryl/α,β-unsaturated/α-hetero) is 1. The van der Waals surface area contributed by atoms with Gasteiger partial charge in [0.2, 0.25) is 5.91 Å². The summed E-state index contributed by atoms with van der Waals surface area (Å²) in [5, 5.41) is 9.32. The number of hydrogen-bond donors (Lipinski definition) is 3. The van der Waals surface area contributed by atoms with Crippen LogP contribution in [0.25, 0.3) is 0 Å². The van der Waals surface area contributed by atoms with Gasteiger partial charge >= 0.3 is 0 Å². The predicted molar refractivity (Wildman–Crippen MR) is 153 cm³/mol. The summed E-state index contributed by atoms with van der Waals surface area (Å²) in [4.78, 5) is 25.6. The highest BCUT2D eigenvalue weighted by molar-refractivity contribution is 8.00. The maximum atomic E-state index is 13.2. The molecule has 1 atom stereocenters. The average Bonchev–Trinajstić information content (AvgIpc) is 2.89. The second kappa shape index (κ2) is 12.2. The zero-order valence-corrected chi connectivity index (χ0v) is 21.2. The highest BCUT2D eigenvalue weighted by Crippen LogP contribution is 2.37. The highest BCUT2D eigenvalue weighted by atomic mass is 32.2. The van der Waals surface area contributed by atoms with Crippen LogP contribution in [0.15, 0.2) is 114 Å². The molecule has 0 aromatic heterocycles. The summed E-state index contributed by atoms with van der Waals surface area (Å²) in [6.07, 6.45) is 0. The van der Waals surface area contributed by atoms with Crippen molar-refractivity contribution in [1.29, 1.82) is 0 Å². The number of carbonyl (C=O) groups is 2. The number of benzene rings is 4. The standard InChI is InChI=1S/C29H25N3O2S2/c1-20(33)21-15-17-24(18-16-21)31-29(35)32-25-13-8-14-26(19-25)36-27(22-9-4-2-5-10-22)28(34)30-23-11-6-3-7-12-23/h2-19,27H,1H3,(H,30,34)(H2,31,32,35). The number of carbonyl (C=O) groups excluding carboxylic acids is 2. The maximum Gasteiger partial charge on any atom is 0.242 e. The third-order valence-corrected chi connectivity index (χ3v) is 6.73. The monoisotopic (exact) mass is 511 g/mol. The van der Waals surface area contributed by atoms with Crippen LogP contribution in [-0.4, -0.2) is 16.8 Å². The van der Waals surface area contributed by atoms with Crippen LogP contribution >= 0.6 is 24.0 Å². The number of nitrogens with one attached hydrogen (secondary N) is 3. The van der Waals surface area contributed by atoms with Crippen molar-refractivity contribution in [2.24, 2.45) is 0 Å². The zero-order valence-electron chi connectivity index (χ0n) is 19.6. The summed E-state index contributed by atoms with van der Waals surface area (Å²) in [5.74, 6) is -0.0789. The topological polar surface area (TPSA) is 70.2 Å². The lowest BCUT2D eigenvalue weighted by Crippen LogP contribution is -2.19. The lowest BCUT2D eigenvalue weighted by atomic mass is 10.1. The van der Waals surface area contributed by atoms with Gasteiger partial charge < -0.3 is 16.0 Å². The Morgan fingerprint density at radius 1 is 0.694 bits per heavy atom. The minimum Gasteiger partial charge on any atom is -0.332 e. The van der Waals surface area contributed by atoms with Crippen LogP contribution in [0.5, 0.6) is 0 Å². The molecule has 0 bridgehead atoms. The molecule has 0 radical (unpaired) electrons. The van der Waals surface area contributed by atoms with E-state index in [4.69, 9.17) is 12.2 Å². The van der Waals surface area contributed by atoms with Crippen LogP contribution in [0.3, 0.4) is 0 Å². The Morgan fingerprint density at radius 3 is 1.94 bits per heavy atom. The summed E-state index contributed by atoms with van der Waals surface area (Å²) in [6.45, 7) is 1.53. The Labute approximate surface area is 220 Å². The highest BCUT2D eigenvalue weighted by Gasteiger charge is 2.22. The smallest absolute Gasteiger partial charge is 0.242 e. The molecule has 3 N–H and O–H groups in total. The van der Waals surface area contributed by atoms with E-state index in [-0.39, 0.29) is 11.7 Å². The largest absolute Gasteiger partial charge is 0.332 e. The molecule has 0 spiro atoms. The fourth-order valence-corrected chi connectivity index (χ4v) is 4.81. The molecule has 5 nitrogen and oxygen atoms in total. The Bertz CT molecular complexity index is 1340. The van der Waals surface area contributed by atoms with Crippen molar-refractivity contribution in [3.8, 4) is 0 Å². The second-order valence-electron chi connectivity index (χ2n) is 8.00. The van der Waals surface area contributed by atoms with Crippen molar-refractivity contribution in [2.45, 2.75) is 17.1 Å². The van der Waals surface area contributed by atoms with E-state index in [0.29, 0.717) is 10.7 Å². The fraction of sp³-hybridized carbons (Fsp3) is 0.0690. The second-order valence-corrected chi connectivity index (χ2v) is 9.59. The number of hydrogen-bond acceptors (Lipinski definition) is 4. The lowest BCUT2D eigenvalue weighted by Gasteiger charge is -2.18. The first-order chi connectivity index (χ1) is 17.5. The molecule has 180 valence electrons. The van der Waals surface area contributed by atoms with Crippen molar-refractivity contribution in [3.05, 3.63) is 120 Å². The molecule has 7 heteroatoms. The predicted octanol–water partition coefficient (Wildman–Crippen LogP) is 7.17. The van der Waals surface area contributed by atoms with Crippen molar-refractivity contribution in [2.75, 3.05) is 16.0 Å². The van der Waals surface area contributed by atoms with E-state index < -0.39 is 5.25 Å². The molecule has 0 aliphatic carbocycles. The molecule has 0 aliphatic heterocycles. The first-order valence-electron chi connectivity index (χ1n) is 11.3. The number of anilines is 3. The van der Waals surface area contributed by atoms with Crippen LogP contribution in [0.1, 0.15) is 28.1 Å². The molecule has 0 aliphatic rings. The van der Waals surface area contributed by atoms with Gasteiger partial charge in [0, 0.05) is 27.5 Å². The van der Waals surface area contributed by atoms with Crippen LogP contribution in [0, 0.1) is 0 Å². The maximum absolute atomic E-state index is 13.2. The van der Waals surface area contributed by atoms with Crippen LogP contribution in [0.4, 0.5) is 17.1 Å². The first-order valence-corrected chi connectivity index (χ1v) is 12.6. The van der Waals surface area contributed by atoms with E-state index in [1.54, 1.807) is 12.1 Å². The Hall–Kier alpha value is -3.94. The Balaban J connectivity index is 1.46. The molecule has 4 aromatic rings. The zero-order chi connectivity index (χ0) is 25.3. The number of ketones is 1. The molecule has 36 heavy (non-hydrogen) atoms. The van der Waals surface area contributed by atoms with Gasteiger partial charge in [0.1, 0.15) is 5.25 Å². The minimum atomic E-state index is -0.438. The summed E-state index contributed by atoms with van der Waals surface area (Å²) in [7, 11) is 0. The van der Waals surface area contributed by atoms with Gasteiger partial charge in [-0.05, 0) is 79.3 Å². The summed E-state index contributed by atoms with van der Waals surface area (Å²) in [6, 6.07) is 34.1. The van der Waals surface area contributed by atoms with E-state index >= 15 is 0 Å². The molecule has 1 amide bonds. The SMILES string of the molecule is CC(=O)c1ccc(NC(=S)Nc2cccc(SC(C(=O)Nc3ccccc3)c3ccccc3)c2)cc1. The van der Waals surface area contributed by atoms with Gasteiger partial charge in [-0.25, -0.2) is 0 Å². The number of thioether (sulfide) groups is 1. The van der Waals surface area contributed by atoms with Crippen molar-refractivity contribution in [1.82, 2.24) is 0 Å². The molecule has 0 saturated carbocycles. The van der Waals surface area contributed by atoms with Crippen molar-refractivity contribution < 1.29 is 9.59 Å². The van der Waals surface area contributed by atoms with Gasteiger partial charge in [-0.2, -0.15) is 0 Å². The van der Waals surface area contributed by atoms with E-state index in [9.17, 15) is 9.59 Å². The molecular formula is C29H25N3O2S2. The van der Waals surface area contributed by atoms with Crippen molar-refractivity contribution in [3.63, 3.8) is 0 Å². The van der Waals surface area contributed by atoms with Gasteiger partial charge in [0.05, 0.1) is 0 Å². The number of thiocarbonyl (C=S) groups is 1. The number of amides is 1. The first kappa shape index (κ1) is 25.2. The summed E-state index contributed by atoms with van der Waals surface area (Å²) in [5.41, 5.74) is 3.90. The Morgan fingerprint density at radius 2 is 1.28 bits per heavy atom. The van der Waals surface area contributed by atoms with Gasteiger partial charge in [0.25, 0.3) is 0 Å². The molecule has 0 heterocycles. The van der Waals surface area contributed by atoms with E-state index in [1.807, 2.05) is 97.1 Å². The van der Waals surface area contributed by atoms with Crippen LogP contribution in [-0.2, 0) is 4.79 Å². The van der Waals surface area contributed by atoms with Crippen LogP contribution in [0.2, 0.25) is 0 Å². The van der Waals surface area contributed by atoms with E-state index in [0.717, 1.165) is 27.5 Å². The molecular weight excluding hydrogens is 486 g/mol. The van der Waals surface area contributed by atoms with Gasteiger partial charge in [-0.1, -0.05) is 54.6 Å². The van der Waals surface area contributed by atoms with Gasteiger partial charge in [-0.15, -0.1) is 11.8 Å². The van der Waals surface area contributed by atoms with Crippen molar-refractivity contribution >= 4 is 57.8 Å². The molecule has 4 rings (SSSR count). The minimum absolute atomic E-state index is 0.0165. The summed E-state index contributed by atoms with van der Waals surface area (Å²) < 4.78 is 0. The summed E-state index contributed by atoms with van der Waals surface area (Å²) >= 11 is 6.94. The van der Waals surface area contributed by atoms with E-state index in [2.05, 4.69) is 16.0 Å². The number of rotatable bonds is 8. The normalized spacial score (nSPS) is 11.2. The van der Waals surface area contributed by atoms with E-state index in [1.165, 1.54) is 18.7 Å². The molecule has 1 unspecified atom stereocenters. The third kappa shape index (κ3) is 7.04. The average molecular weight is 512 g/mol.